The minimum Gasteiger partial charge on any atom is -0.469 e. The second-order valence-corrected chi connectivity index (χ2v) is 7.40. The average Bonchev–Trinajstić information content (AvgIpc) is 3.02. The minimum atomic E-state index is -0.901. The maximum Gasteiger partial charge on any atom is 0.408 e. The predicted octanol–water partition coefficient (Wildman–Crippen LogP) is 3.83. The number of rotatable bonds is 5. The zero-order valence-electron chi connectivity index (χ0n) is 16.9. The van der Waals surface area contributed by atoms with Gasteiger partial charge in [-0.1, -0.05) is 0 Å². The molecule has 3 amide bonds. The molecule has 156 valence electrons. The summed E-state index contributed by atoms with van der Waals surface area (Å²) < 4.78 is 24.2. The Kier molecular flexibility index (Phi) is 6.63. The van der Waals surface area contributed by atoms with Gasteiger partial charge in [0, 0.05) is 5.69 Å². The number of carbonyl (C=O) groups is 3. The van der Waals surface area contributed by atoms with Crippen LogP contribution in [0.1, 0.15) is 43.8 Å². The monoisotopic (exact) mass is 405 g/mol. The van der Waals surface area contributed by atoms with Gasteiger partial charge in [-0.3, -0.25) is 9.59 Å². The molecule has 0 bridgehead atoms. The number of carbonyl (C=O) groups excluding carboxylic acids is 3. The van der Waals surface area contributed by atoms with Crippen molar-refractivity contribution in [1.29, 1.82) is 0 Å². The molecule has 1 heterocycles. The van der Waals surface area contributed by atoms with Gasteiger partial charge in [-0.05, 0) is 58.9 Å². The first-order chi connectivity index (χ1) is 13.5. The Morgan fingerprint density at radius 3 is 2.41 bits per heavy atom. The van der Waals surface area contributed by atoms with E-state index in [9.17, 15) is 18.8 Å². The van der Waals surface area contributed by atoms with Crippen molar-refractivity contribution >= 4 is 29.3 Å². The molecule has 0 aliphatic heterocycles. The average molecular weight is 405 g/mol. The molecule has 0 saturated carbocycles. The van der Waals surface area contributed by atoms with E-state index in [1.165, 1.54) is 31.4 Å². The van der Waals surface area contributed by atoms with E-state index in [0.29, 0.717) is 5.76 Å². The SMILES string of the molecule is Cc1occc1C(=O)Nc1cc(NC(=O)[C@@H](C)NC(=O)OC(C)(C)C)ccc1F. The van der Waals surface area contributed by atoms with Crippen LogP contribution in [0.15, 0.2) is 34.9 Å². The van der Waals surface area contributed by atoms with Crippen LogP contribution in [0.3, 0.4) is 0 Å². The normalized spacial score (nSPS) is 12.1. The Hall–Kier alpha value is -3.36. The summed E-state index contributed by atoms with van der Waals surface area (Å²) in [6, 6.07) is 4.30. The predicted molar refractivity (Wildman–Crippen MR) is 105 cm³/mol. The molecule has 0 radical (unpaired) electrons. The van der Waals surface area contributed by atoms with Crippen molar-refractivity contribution in [2.75, 3.05) is 10.6 Å². The summed E-state index contributed by atoms with van der Waals surface area (Å²) in [4.78, 5) is 36.3. The number of hydrogen-bond donors (Lipinski definition) is 3. The third-order valence-corrected chi connectivity index (χ3v) is 3.71. The highest BCUT2D eigenvalue weighted by Crippen LogP contribution is 2.21. The van der Waals surface area contributed by atoms with Crippen LogP contribution in [-0.2, 0) is 9.53 Å². The smallest absolute Gasteiger partial charge is 0.408 e. The van der Waals surface area contributed by atoms with E-state index in [4.69, 9.17) is 9.15 Å². The standard InChI is InChI=1S/C20H24FN3O5/c1-11(22-19(27)29-20(3,4)5)17(25)23-13-6-7-15(21)16(10-13)24-18(26)14-8-9-28-12(14)2/h6-11H,1-5H3,(H,22,27)(H,23,25)(H,24,26)/t11-/m1/s1. The Bertz CT molecular complexity index is 917. The van der Waals surface area contributed by atoms with Crippen LogP contribution in [0.25, 0.3) is 0 Å². The molecular formula is C20H24FN3O5. The molecule has 0 unspecified atom stereocenters. The topological polar surface area (TPSA) is 110 Å². The van der Waals surface area contributed by atoms with E-state index in [0.717, 1.165) is 6.07 Å². The Balaban J connectivity index is 2.03. The summed E-state index contributed by atoms with van der Waals surface area (Å²) in [6.45, 7) is 8.21. The molecule has 1 aromatic heterocycles. The van der Waals surface area contributed by atoms with E-state index < -0.39 is 35.4 Å². The molecule has 0 fully saturated rings. The van der Waals surface area contributed by atoms with Gasteiger partial charge in [0.05, 0.1) is 17.5 Å². The molecule has 0 aliphatic rings. The lowest BCUT2D eigenvalue weighted by atomic mass is 10.2. The number of furan rings is 1. The molecule has 3 N–H and O–H groups in total. The fraction of sp³-hybridized carbons (Fsp3) is 0.350. The van der Waals surface area contributed by atoms with Crippen molar-refractivity contribution in [3.63, 3.8) is 0 Å². The highest BCUT2D eigenvalue weighted by Gasteiger charge is 2.21. The van der Waals surface area contributed by atoms with Crippen molar-refractivity contribution in [2.45, 2.75) is 46.3 Å². The fourth-order valence-electron chi connectivity index (χ4n) is 2.31. The molecule has 2 rings (SSSR count). The molecule has 0 aliphatic carbocycles. The van der Waals surface area contributed by atoms with Gasteiger partial charge in [-0.2, -0.15) is 0 Å². The van der Waals surface area contributed by atoms with E-state index >= 15 is 0 Å². The van der Waals surface area contributed by atoms with Crippen LogP contribution >= 0.6 is 0 Å². The highest BCUT2D eigenvalue weighted by molar-refractivity contribution is 6.05. The van der Waals surface area contributed by atoms with Gasteiger partial charge in [-0.15, -0.1) is 0 Å². The highest BCUT2D eigenvalue weighted by atomic mass is 19.1. The number of aryl methyl sites for hydroxylation is 1. The number of benzene rings is 1. The lowest BCUT2D eigenvalue weighted by Crippen LogP contribution is -2.43. The van der Waals surface area contributed by atoms with E-state index in [1.54, 1.807) is 27.7 Å². The first-order valence-corrected chi connectivity index (χ1v) is 8.91. The quantitative estimate of drug-likeness (QED) is 0.700. The van der Waals surface area contributed by atoms with E-state index in [2.05, 4.69) is 16.0 Å². The largest absolute Gasteiger partial charge is 0.469 e. The van der Waals surface area contributed by atoms with Crippen LogP contribution < -0.4 is 16.0 Å². The second-order valence-electron chi connectivity index (χ2n) is 7.40. The zero-order valence-corrected chi connectivity index (χ0v) is 16.9. The van der Waals surface area contributed by atoms with Gasteiger partial charge in [0.25, 0.3) is 5.91 Å². The number of amides is 3. The molecule has 29 heavy (non-hydrogen) atoms. The van der Waals surface area contributed by atoms with Crippen LogP contribution in [0.4, 0.5) is 20.6 Å². The summed E-state index contributed by atoms with van der Waals surface area (Å²) in [6.07, 6.45) is 0.624. The Morgan fingerprint density at radius 1 is 1.14 bits per heavy atom. The third kappa shape index (κ3) is 6.34. The van der Waals surface area contributed by atoms with Crippen molar-refractivity contribution in [3.05, 3.63) is 47.7 Å². The first-order valence-electron chi connectivity index (χ1n) is 8.91. The summed E-state index contributed by atoms with van der Waals surface area (Å²) in [5, 5.41) is 7.40. The zero-order chi connectivity index (χ0) is 21.8. The Morgan fingerprint density at radius 2 is 1.83 bits per heavy atom. The number of ether oxygens (including phenoxy) is 1. The summed E-state index contributed by atoms with van der Waals surface area (Å²) in [7, 11) is 0. The summed E-state index contributed by atoms with van der Waals surface area (Å²) >= 11 is 0. The van der Waals surface area contributed by atoms with Crippen LogP contribution in [0.2, 0.25) is 0 Å². The van der Waals surface area contributed by atoms with Gasteiger partial charge >= 0.3 is 6.09 Å². The number of hydrogen-bond acceptors (Lipinski definition) is 5. The fourth-order valence-corrected chi connectivity index (χ4v) is 2.31. The van der Waals surface area contributed by atoms with Crippen LogP contribution in [-0.4, -0.2) is 29.6 Å². The van der Waals surface area contributed by atoms with Crippen molar-refractivity contribution in [1.82, 2.24) is 5.32 Å². The minimum absolute atomic E-state index is 0.110. The van der Waals surface area contributed by atoms with Crippen molar-refractivity contribution in [2.24, 2.45) is 0 Å². The maximum absolute atomic E-state index is 14.1. The first kappa shape index (κ1) is 21.9. The van der Waals surface area contributed by atoms with Gasteiger partial charge in [0.2, 0.25) is 5.91 Å². The molecular weight excluding hydrogens is 381 g/mol. The number of alkyl carbamates (subject to hydrolysis) is 1. The van der Waals surface area contributed by atoms with Gasteiger partial charge < -0.3 is 25.1 Å². The van der Waals surface area contributed by atoms with Crippen molar-refractivity contribution in [3.8, 4) is 0 Å². The lowest BCUT2D eigenvalue weighted by Gasteiger charge is -2.21. The molecule has 9 heteroatoms. The number of nitrogens with one attached hydrogen (secondary N) is 3. The third-order valence-electron chi connectivity index (χ3n) is 3.71. The molecule has 0 saturated heterocycles. The molecule has 2 aromatic rings. The second kappa shape index (κ2) is 8.76. The maximum atomic E-state index is 14.1. The number of halogens is 1. The van der Waals surface area contributed by atoms with Crippen LogP contribution in [0, 0.1) is 12.7 Å². The lowest BCUT2D eigenvalue weighted by molar-refractivity contribution is -0.117. The van der Waals surface area contributed by atoms with Gasteiger partial charge in [0.1, 0.15) is 23.2 Å². The number of anilines is 2. The van der Waals surface area contributed by atoms with Gasteiger partial charge in [-0.25, -0.2) is 9.18 Å². The molecule has 0 spiro atoms. The molecule has 8 nitrogen and oxygen atoms in total. The molecule has 1 atom stereocenters. The van der Waals surface area contributed by atoms with Crippen LogP contribution in [0.5, 0.6) is 0 Å². The van der Waals surface area contributed by atoms with Crippen molar-refractivity contribution < 1.29 is 27.9 Å². The molecule has 1 aromatic carbocycles. The summed E-state index contributed by atoms with van der Waals surface area (Å²) in [5.41, 5.74) is -0.291. The Labute approximate surface area is 167 Å². The van der Waals surface area contributed by atoms with Gasteiger partial charge in [0.15, 0.2) is 0 Å². The van der Waals surface area contributed by atoms with E-state index in [1.807, 2.05) is 0 Å². The summed E-state index contributed by atoms with van der Waals surface area (Å²) in [5.74, 6) is -1.35. The van der Waals surface area contributed by atoms with E-state index in [-0.39, 0.29) is 16.9 Å².